The Kier molecular flexibility index (Phi) is 3.50. The Balaban J connectivity index is 2.36. The molecular formula is C10H16O2. The fourth-order valence-electron chi connectivity index (χ4n) is 1.24. The van der Waals surface area contributed by atoms with Crippen molar-refractivity contribution in [1.82, 2.24) is 0 Å². The predicted octanol–water partition coefficient (Wildman–Crippen LogP) is 1.66. The summed E-state index contributed by atoms with van der Waals surface area (Å²) < 4.78 is 5.46. The first-order valence-electron chi connectivity index (χ1n) is 4.33. The summed E-state index contributed by atoms with van der Waals surface area (Å²) in [5.74, 6) is 0. The van der Waals surface area contributed by atoms with Crippen LogP contribution in [0.5, 0.6) is 0 Å². The minimum Gasteiger partial charge on any atom is -0.396 e. The summed E-state index contributed by atoms with van der Waals surface area (Å²) in [7, 11) is 0. The Bertz CT molecular complexity index is 194. The lowest BCUT2D eigenvalue weighted by molar-refractivity contribution is 0.111. The molecule has 0 aliphatic carbocycles. The van der Waals surface area contributed by atoms with Crippen LogP contribution < -0.4 is 0 Å². The van der Waals surface area contributed by atoms with Gasteiger partial charge in [-0.15, -0.1) is 0 Å². The smallest absolute Gasteiger partial charge is 0.0767 e. The maximum Gasteiger partial charge on any atom is 0.0767 e. The van der Waals surface area contributed by atoms with Gasteiger partial charge < -0.3 is 9.84 Å². The first kappa shape index (κ1) is 9.49. The Morgan fingerprint density at radius 3 is 3.08 bits per heavy atom. The summed E-state index contributed by atoms with van der Waals surface area (Å²) >= 11 is 0. The zero-order valence-corrected chi connectivity index (χ0v) is 7.55. The van der Waals surface area contributed by atoms with Crippen LogP contribution in [0.4, 0.5) is 0 Å². The molecule has 0 aromatic heterocycles. The van der Waals surface area contributed by atoms with E-state index < -0.39 is 0 Å². The Hall–Kier alpha value is -0.600. The van der Waals surface area contributed by atoms with Gasteiger partial charge in [0.1, 0.15) is 0 Å². The fraction of sp³-hybridized carbons (Fsp3) is 0.600. The molecule has 1 unspecified atom stereocenters. The molecule has 1 heterocycles. The molecule has 1 rings (SSSR count). The van der Waals surface area contributed by atoms with Crippen LogP contribution in [-0.2, 0) is 4.74 Å². The van der Waals surface area contributed by atoms with E-state index in [1.54, 1.807) is 0 Å². The van der Waals surface area contributed by atoms with Crippen molar-refractivity contribution in [2.75, 3.05) is 13.2 Å². The van der Waals surface area contributed by atoms with Gasteiger partial charge in [-0.3, -0.25) is 0 Å². The van der Waals surface area contributed by atoms with Gasteiger partial charge in [0.05, 0.1) is 12.7 Å². The van der Waals surface area contributed by atoms with Gasteiger partial charge in [-0.1, -0.05) is 18.2 Å². The Morgan fingerprint density at radius 2 is 2.58 bits per heavy atom. The first-order chi connectivity index (χ1) is 5.74. The average Bonchev–Trinajstić information content (AvgIpc) is 2.48. The van der Waals surface area contributed by atoms with Crippen LogP contribution in [0.2, 0.25) is 0 Å². The lowest BCUT2D eigenvalue weighted by atomic mass is 10.1. The van der Waals surface area contributed by atoms with E-state index in [-0.39, 0.29) is 12.7 Å². The van der Waals surface area contributed by atoms with Gasteiger partial charge in [-0.25, -0.2) is 0 Å². The Morgan fingerprint density at radius 1 is 1.83 bits per heavy atom. The summed E-state index contributed by atoms with van der Waals surface area (Å²) in [4.78, 5) is 0. The summed E-state index contributed by atoms with van der Waals surface area (Å²) in [6, 6.07) is 0. The van der Waals surface area contributed by atoms with Crippen molar-refractivity contribution < 1.29 is 9.84 Å². The van der Waals surface area contributed by atoms with Crippen LogP contribution in [0.15, 0.2) is 23.8 Å². The van der Waals surface area contributed by atoms with E-state index in [1.807, 2.05) is 6.92 Å². The van der Waals surface area contributed by atoms with Crippen molar-refractivity contribution in [3.63, 3.8) is 0 Å². The van der Waals surface area contributed by atoms with Gasteiger partial charge in [0.25, 0.3) is 0 Å². The van der Waals surface area contributed by atoms with Gasteiger partial charge >= 0.3 is 0 Å². The molecule has 0 spiro atoms. The van der Waals surface area contributed by atoms with Gasteiger partial charge in [-0.2, -0.15) is 0 Å². The normalized spacial score (nSPS) is 22.5. The van der Waals surface area contributed by atoms with Gasteiger partial charge in [0.2, 0.25) is 0 Å². The van der Waals surface area contributed by atoms with Crippen LogP contribution in [0.3, 0.4) is 0 Å². The molecule has 68 valence electrons. The van der Waals surface area contributed by atoms with Crippen molar-refractivity contribution in [2.24, 2.45) is 0 Å². The lowest BCUT2D eigenvalue weighted by Gasteiger charge is -2.04. The summed E-state index contributed by atoms with van der Waals surface area (Å²) in [6.07, 6.45) is 4.03. The van der Waals surface area contributed by atoms with Crippen LogP contribution in [0.25, 0.3) is 0 Å². The van der Waals surface area contributed by atoms with Crippen LogP contribution >= 0.6 is 0 Å². The minimum absolute atomic E-state index is 0.198. The highest BCUT2D eigenvalue weighted by Crippen LogP contribution is 2.20. The van der Waals surface area contributed by atoms with Gasteiger partial charge in [0.15, 0.2) is 0 Å². The monoisotopic (exact) mass is 168 g/mol. The van der Waals surface area contributed by atoms with E-state index in [2.05, 4.69) is 12.7 Å². The molecule has 0 aromatic rings. The quantitative estimate of drug-likeness (QED) is 0.691. The van der Waals surface area contributed by atoms with E-state index in [9.17, 15) is 0 Å². The first-order valence-corrected chi connectivity index (χ1v) is 4.33. The molecule has 1 aliphatic rings. The third kappa shape index (κ3) is 2.47. The Labute approximate surface area is 73.5 Å². The molecule has 1 atom stereocenters. The molecule has 12 heavy (non-hydrogen) atoms. The van der Waals surface area contributed by atoms with Crippen molar-refractivity contribution in [2.45, 2.75) is 25.9 Å². The second-order valence-corrected chi connectivity index (χ2v) is 3.19. The number of hydrogen-bond donors (Lipinski definition) is 1. The largest absolute Gasteiger partial charge is 0.396 e. The lowest BCUT2D eigenvalue weighted by Crippen LogP contribution is -2.04. The van der Waals surface area contributed by atoms with Crippen molar-refractivity contribution in [3.8, 4) is 0 Å². The minimum atomic E-state index is 0.198. The highest BCUT2D eigenvalue weighted by Gasteiger charge is 2.15. The predicted molar refractivity (Wildman–Crippen MR) is 49.0 cm³/mol. The van der Waals surface area contributed by atoms with Crippen molar-refractivity contribution in [3.05, 3.63) is 23.8 Å². The maximum atomic E-state index is 8.61. The third-order valence-electron chi connectivity index (χ3n) is 2.03. The zero-order valence-electron chi connectivity index (χ0n) is 7.55. The summed E-state index contributed by atoms with van der Waals surface area (Å²) in [5, 5.41) is 8.61. The van der Waals surface area contributed by atoms with E-state index in [4.69, 9.17) is 9.84 Å². The summed E-state index contributed by atoms with van der Waals surface area (Å²) in [5.41, 5.74) is 2.29. The summed E-state index contributed by atoms with van der Waals surface area (Å²) in [6.45, 7) is 6.78. The second kappa shape index (κ2) is 4.43. The molecule has 0 bridgehead atoms. The highest BCUT2D eigenvalue weighted by atomic mass is 16.5. The standard InChI is InChI=1S/C10H16O2/c1-8(2)9-6-10(12-7-9)4-3-5-11/h6,10-11H,1,3-5,7H2,2H3. The molecule has 0 aromatic carbocycles. The molecule has 0 saturated heterocycles. The zero-order chi connectivity index (χ0) is 8.97. The van der Waals surface area contributed by atoms with Gasteiger partial charge in [0, 0.05) is 6.61 Å². The number of rotatable bonds is 4. The molecular weight excluding hydrogens is 152 g/mol. The van der Waals surface area contributed by atoms with Crippen LogP contribution in [-0.4, -0.2) is 24.4 Å². The van der Waals surface area contributed by atoms with E-state index >= 15 is 0 Å². The second-order valence-electron chi connectivity index (χ2n) is 3.19. The molecule has 0 radical (unpaired) electrons. The third-order valence-corrected chi connectivity index (χ3v) is 2.03. The number of ether oxygens (including phenoxy) is 1. The molecule has 1 N–H and O–H groups in total. The molecule has 0 amide bonds. The van der Waals surface area contributed by atoms with E-state index in [0.717, 1.165) is 18.4 Å². The number of aliphatic hydroxyl groups is 1. The fourth-order valence-corrected chi connectivity index (χ4v) is 1.24. The SMILES string of the molecule is C=C(C)C1=CC(CCCO)OC1. The molecule has 2 heteroatoms. The van der Waals surface area contributed by atoms with E-state index in [0.29, 0.717) is 6.61 Å². The highest BCUT2D eigenvalue weighted by molar-refractivity contribution is 5.30. The van der Waals surface area contributed by atoms with Gasteiger partial charge in [-0.05, 0) is 25.3 Å². The number of aliphatic hydroxyl groups excluding tert-OH is 1. The molecule has 0 saturated carbocycles. The van der Waals surface area contributed by atoms with Crippen LogP contribution in [0.1, 0.15) is 19.8 Å². The van der Waals surface area contributed by atoms with Crippen LogP contribution in [0, 0.1) is 0 Å². The average molecular weight is 168 g/mol. The molecule has 2 nitrogen and oxygen atoms in total. The van der Waals surface area contributed by atoms with Crippen molar-refractivity contribution in [1.29, 1.82) is 0 Å². The van der Waals surface area contributed by atoms with Crippen molar-refractivity contribution >= 4 is 0 Å². The molecule has 0 fully saturated rings. The van der Waals surface area contributed by atoms with E-state index in [1.165, 1.54) is 5.57 Å². The maximum absolute atomic E-state index is 8.61. The molecule has 1 aliphatic heterocycles. The topological polar surface area (TPSA) is 29.5 Å². The number of hydrogen-bond acceptors (Lipinski definition) is 2.